The molecule has 1 aliphatic rings. The van der Waals surface area contributed by atoms with E-state index in [1.54, 1.807) is 0 Å². The number of morpholine rings is 1. The number of aliphatic hydroxyl groups excluding tert-OH is 1. The fourth-order valence-corrected chi connectivity index (χ4v) is 2.55. The van der Waals surface area contributed by atoms with Gasteiger partial charge in [-0.15, -0.1) is 0 Å². The number of nitrogens with two attached hydrogens (primary N) is 1. The summed E-state index contributed by atoms with van der Waals surface area (Å²) >= 11 is 0. The highest BCUT2D eigenvalue weighted by Crippen LogP contribution is 2.21. The van der Waals surface area contributed by atoms with Crippen molar-refractivity contribution in [3.8, 4) is 0 Å². The summed E-state index contributed by atoms with van der Waals surface area (Å²) in [6.07, 6.45) is 2.23. The third-order valence-corrected chi connectivity index (χ3v) is 3.90. The molecule has 112 valence electrons. The molecule has 1 heterocycles. The van der Waals surface area contributed by atoms with Gasteiger partial charge >= 0.3 is 0 Å². The quantitative estimate of drug-likeness (QED) is 0.712. The van der Waals surface area contributed by atoms with Gasteiger partial charge in [-0.25, -0.2) is 0 Å². The third kappa shape index (κ3) is 5.47. The lowest BCUT2D eigenvalue weighted by Crippen LogP contribution is -2.47. The van der Waals surface area contributed by atoms with Crippen LogP contribution in [0.3, 0.4) is 0 Å². The first-order valence-corrected chi connectivity index (χ1v) is 7.28. The second kappa shape index (κ2) is 8.51. The fourth-order valence-electron chi connectivity index (χ4n) is 2.55. The molecule has 0 bridgehead atoms. The van der Waals surface area contributed by atoms with Crippen LogP contribution in [0.4, 0.5) is 0 Å². The van der Waals surface area contributed by atoms with Gasteiger partial charge in [0.15, 0.2) is 0 Å². The molecule has 1 fully saturated rings. The van der Waals surface area contributed by atoms with Crippen LogP contribution in [0.25, 0.3) is 0 Å². The molecule has 0 aliphatic carbocycles. The highest BCUT2D eigenvalue weighted by molar-refractivity contribution is 5.76. The Hall–Kier alpha value is -0.650. The van der Waals surface area contributed by atoms with Gasteiger partial charge in [0.05, 0.1) is 19.3 Å². The largest absolute Gasteiger partial charge is 0.394 e. The molecule has 1 amide bonds. The van der Waals surface area contributed by atoms with E-state index in [-0.39, 0.29) is 18.6 Å². The molecule has 19 heavy (non-hydrogen) atoms. The SMILES string of the molecule is CC(C)C(CCN)CCC(=O)N1CCOC(CO)C1. The predicted octanol–water partition coefficient (Wildman–Crippen LogP) is 0.607. The van der Waals surface area contributed by atoms with Crippen molar-refractivity contribution in [1.82, 2.24) is 4.90 Å². The molecule has 0 radical (unpaired) electrons. The first-order chi connectivity index (χ1) is 9.08. The van der Waals surface area contributed by atoms with E-state index < -0.39 is 0 Å². The molecular formula is C14H28N2O3. The van der Waals surface area contributed by atoms with Gasteiger partial charge in [-0.2, -0.15) is 0 Å². The molecule has 0 spiro atoms. The zero-order chi connectivity index (χ0) is 14.3. The van der Waals surface area contributed by atoms with Crippen LogP contribution >= 0.6 is 0 Å². The van der Waals surface area contributed by atoms with Crippen molar-refractivity contribution in [2.45, 2.75) is 39.2 Å². The normalized spacial score (nSPS) is 21.7. The Morgan fingerprint density at radius 2 is 2.21 bits per heavy atom. The predicted molar refractivity (Wildman–Crippen MR) is 74.6 cm³/mol. The molecule has 0 saturated carbocycles. The number of ether oxygens (including phenoxy) is 1. The van der Waals surface area contributed by atoms with Crippen LogP contribution in [0.2, 0.25) is 0 Å². The number of amides is 1. The molecule has 0 aromatic heterocycles. The smallest absolute Gasteiger partial charge is 0.222 e. The number of hydrogen-bond acceptors (Lipinski definition) is 4. The van der Waals surface area contributed by atoms with Gasteiger partial charge in [-0.05, 0) is 31.2 Å². The number of carbonyl (C=O) groups is 1. The van der Waals surface area contributed by atoms with Crippen LogP contribution in [-0.4, -0.2) is 54.9 Å². The van der Waals surface area contributed by atoms with Crippen molar-refractivity contribution in [2.75, 3.05) is 32.8 Å². The Morgan fingerprint density at radius 3 is 2.79 bits per heavy atom. The van der Waals surface area contributed by atoms with E-state index in [9.17, 15) is 4.79 Å². The Balaban J connectivity index is 2.37. The lowest BCUT2D eigenvalue weighted by molar-refractivity contribution is -0.140. The molecule has 2 atom stereocenters. The summed E-state index contributed by atoms with van der Waals surface area (Å²) in [6, 6.07) is 0. The molecule has 0 aromatic rings. The maximum atomic E-state index is 12.1. The zero-order valence-electron chi connectivity index (χ0n) is 12.2. The summed E-state index contributed by atoms with van der Waals surface area (Å²) < 4.78 is 5.35. The Morgan fingerprint density at radius 1 is 1.47 bits per heavy atom. The average molecular weight is 272 g/mol. The second-order valence-electron chi connectivity index (χ2n) is 5.64. The summed E-state index contributed by atoms with van der Waals surface area (Å²) in [5.74, 6) is 1.25. The van der Waals surface area contributed by atoms with Crippen molar-refractivity contribution in [1.29, 1.82) is 0 Å². The molecule has 0 aromatic carbocycles. The van der Waals surface area contributed by atoms with Gasteiger partial charge in [-0.1, -0.05) is 13.8 Å². The van der Waals surface area contributed by atoms with E-state index in [0.717, 1.165) is 12.8 Å². The Labute approximate surface area is 116 Å². The topological polar surface area (TPSA) is 75.8 Å². The molecule has 1 saturated heterocycles. The van der Waals surface area contributed by atoms with Crippen molar-refractivity contribution >= 4 is 5.91 Å². The molecule has 5 heteroatoms. The van der Waals surface area contributed by atoms with Crippen LogP contribution in [-0.2, 0) is 9.53 Å². The van der Waals surface area contributed by atoms with Crippen molar-refractivity contribution in [3.05, 3.63) is 0 Å². The van der Waals surface area contributed by atoms with Crippen LogP contribution in [0.15, 0.2) is 0 Å². The molecular weight excluding hydrogens is 244 g/mol. The minimum absolute atomic E-state index is 0.0222. The van der Waals surface area contributed by atoms with E-state index in [0.29, 0.717) is 44.5 Å². The van der Waals surface area contributed by atoms with Crippen LogP contribution in [0.1, 0.15) is 33.1 Å². The monoisotopic (exact) mass is 272 g/mol. The third-order valence-electron chi connectivity index (χ3n) is 3.90. The lowest BCUT2D eigenvalue weighted by atomic mass is 9.88. The summed E-state index contributed by atoms with van der Waals surface area (Å²) in [7, 11) is 0. The second-order valence-corrected chi connectivity index (χ2v) is 5.64. The average Bonchev–Trinajstić information content (AvgIpc) is 2.42. The number of rotatable bonds is 7. The van der Waals surface area contributed by atoms with Crippen molar-refractivity contribution in [2.24, 2.45) is 17.6 Å². The highest BCUT2D eigenvalue weighted by atomic mass is 16.5. The number of nitrogens with zero attached hydrogens (tertiary/aromatic N) is 1. The lowest BCUT2D eigenvalue weighted by Gasteiger charge is -2.32. The summed E-state index contributed by atoms with van der Waals surface area (Å²) in [6.45, 7) is 6.69. The molecule has 3 N–H and O–H groups in total. The fraction of sp³-hybridized carbons (Fsp3) is 0.929. The number of aliphatic hydroxyl groups is 1. The first-order valence-electron chi connectivity index (χ1n) is 7.28. The molecule has 2 unspecified atom stereocenters. The van der Waals surface area contributed by atoms with E-state index in [1.165, 1.54) is 0 Å². The van der Waals surface area contributed by atoms with Crippen molar-refractivity contribution in [3.63, 3.8) is 0 Å². The van der Waals surface area contributed by atoms with E-state index in [4.69, 9.17) is 15.6 Å². The van der Waals surface area contributed by atoms with Gasteiger partial charge in [0, 0.05) is 19.5 Å². The maximum absolute atomic E-state index is 12.1. The summed E-state index contributed by atoms with van der Waals surface area (Å²) in [5, 5.41) is 9.07. The Kier molecular flexibility index (Phi) is 7.34. The first kappa shape index (κ1) is 16.4. The van der Waals surface area contributed by atoms with E-state index in [1.807, 2.05) is 4.90 Å². The van der Waals surface area contributed by atoms with Gasteiger partial charge < -0.3 is 20.5 Å². The Bertz CT molecular complexity index is 271. The van der Waals surface area contributed by atoms with Crippen LogP contribution in [0, 0.1) is 11.8 Å². The minimum atomic E-state index is -0.220. The molecule has 1 rings (SSSR count). The van der Waals surface area contributed by atoms with Crippen LogP contribution in [0.5, 0.6) is 0 Å². The number of hydrogen-bond donors (Lipinski definition) is 2. The van der Waals surface area contributed by atoms with E-state index in [2.05, 4.69) is 13.8 Å². The standard InChI is InChI=1S/C14H28N2O3/c1-11(2)12(5-6-15)3-4-14(18)16-7-8-19-13(9-16)10-17/h11-13,17H,3-10,15H2,1-2H3. The van der Waals surface area contributed by atoms with Gasteiger partial charge in [0.25, 0.3) is 0 Å². The summed E-state index contributed by atoms with van der Waals surface area (Å²) in [5.41, 5.74) is 5.61. The molecule has 5 nitrogen and oxygen atoms in total. The van der Waals surface area contributed by atoms with Crippen LogP contribution < -0.4 is 5.73 Å². The van der Waals surface area contributed by atoms with E-state index >= 15 is 0 Å². The summed E-state index contributed by atoms with van der Waals surface area (Å²) in [4.78, 5) is 14.0. The number of carbonyl (C=O) groups excluding carboxylic acids is 1. The zero-order valence-corrected chi connectivity index (χ0v) is 12.2. The van der Waals surface area contributed by atoms with Crippen molar-refractivity contribution < 1.29 is 14.6 Å². The van der Waals surface area contributed by atoms with Gasteiger partial charge in [0.1, 0.15) is 0 Å². The van der Waals surface area contributed by atoms with Gasteiger partial charge in [0.2, 0.25) is 5.91 Å². The highest BCUT2D eigenvalue weighted by Gasteiger charge is 2.24. The van der Waals surface area contributed by atoms with Gasteiger partial charge in [-0.3, -0.25) is 4.79 Å². The maximum Gasteiger partial charge on any atom is 0.222 e. The molecule has 1 aliphatic heterocycles. The minimum Gasteiger partial charge on any atom is -0.394 e.